The average molecular weight is 675 g/mol. The molecule has 0 bridgehead atoms. The third-order valence-corrected chi connectivity index (χ3v) is 9.21. The van der Waals surface area contributed by atoms with E-state index in [-0.39, 0.29) is 59.0 Å². The maximum absolute atomic E-state index is 14.4. The highest BCUT2D eigenvalue weighted by molar-refractivity contribution is 7.92. The van der Waals surface area contributed by atoms with Crippen LogP contribution in [0.25, 0.3) is 0 Å². The highest BCUT2D eigenvalue weighted by Crippen LogP contribution is 2.45. The molecular formula is C27H21ClF6N6O4S. The number of anilines is 4. The van der Waals surface area contributed by atoms with Crippen LogP contribution < -0.4 is 14.5 Å². The Morgan fingerprint density at radius 1 is 0.911 bits per heavy atom. The van der Waals surface area contributed by atoms with E-state index in [1.807, 2.05) is 4.72 Å². The second kappa shape index (κ2) is 10.8. The first-order valence-electron chi connectivity index (χ1n) is 13.4. The van der Waals surface area contributed by atoms with Crippen LogP contribution in [0.4, 0.5) is 49.4 Å². The lowest BCUT2D eigenvalue weighted by Crippen LogP contribution is -2.38. The molecule has 2 amide bonds. The van der Waals surface area contributed by atoms with E-state index >= 15 is 0 Å². The molecule has 2 saturated heterocycles. The van der Waals surface area contributed by atoms with Gasteiger partial charge in [-0.05, 0) is 42.7 Å². The van der Waals surface area contributed by atoms with E-state index in [9.17, 15) is 44.3 Å². The molecule has 18 heteroatoms. The van der Waals surface area contributed by atoms with Gasteiger partial charge in [0.2, 0.25) is 11.9 Å². The Labute approximate surface area is 256 Å². The van der Waals surface area contributed by atoms with Crippen LogP contribution >= 0.6 is 11.6 Å². The number of amides is 2. The molecule has 0 radical (unpaired) electrons. The fourth-order valence-corrected chi connectivity index (χ4v) is 6.79. The van der Waals surface area contributed by atoms with E-state index in [1.54, 1.807) is 4.90 Å². The van der Waals surface area contributed by atoms with Crippen LogP contribution in [0.15, 0.2) is 41.6 Å². The van der Waals surface area contributed by atoms with E-state index in [2.05, 4.69) is 9.97 Å². The van der Waals surface area contributed by atoms with Gasteiger partial charge in [-0.15, -0.1) is 0 Å². The largest absolute Gasteiger partial charge is 0.329 e. The van der Waals surface area contributed by atoms with Crippen LogP contribution in [0.3, 0.4) is 0 Å². The Morgan fingerprint density at radius 3 is 2.11 bits per heavy atom. The maximum atomic E-state index is 14.4. The minimum Gasteiger partial charge on any atom is -0.326 e. The van der Waals surface area contributed by atoms with Crippen LogP contribution in [-0.4, -0.2) is 73.1 Å². The first-order valence-corrected chi connectivity index (χ1v) is 15.2. The summed E-state index contributed by atoms with van der Waals surface area (Å²) in [7, 11) is -4.59. The van der Waals surface area contributed by atoms with Crippen LogP contribution in [0.1, 0.15) is 28.8 Å². The molecule has 2 aromatic carbocycles. The number of hydrogen-bond acceptors (Lipinski definition) is 7. The molecular weight excluding hydrogens is 654 g/mol. The highest BCUT2D eigenvalue weighted by atomic mass is 35.5. The van der Waals surface area contributed by atoms with Crippen molar-refractivity contribution < 1.29 is 44.3 Å². The van der Waals surface area contributed by atoms with Crippen molar-refractivity contribution in [3.8, 4) is 0 Å². The SMILES string of the molecule is O=C(c1cnc(N2CCc3cc(S(=O)(=O)Nc4c(F)cc(Cl)cc4F)cc(N4CCCC4=O)c32)nc1)N1CC(F)(F)C(F)(F)C1. The van der Waals surface area contributed by atoms with Crippen LogP contribution in [-0.2, 0) is 21.2 Å². The number of carbonyl (C=O) groups excluding carboxylic acids is 2. The summed E-state index contributed by atoms with van der Waals surface area (Å²) < 4.78 is 112. The fraction of sp³-hybridized carbons (Fsp3) is 0.333. The number of hydrogen-bond donors (Lipinski definition) is 1. The minimum absolute atomic E-state index is 0.00526. The van der Waals surface area contributed by atoms with Crippen molar-refractivity contribution in [1.82, 2.24) is 14.9 Å². The predicted octanol–water partition coefficient (Wildman–Crippen LogP) is 4.76. The summed E-state index contributed by atoms with van der Waals surface area (Å²) in [6, 6.07) is 3.94. The Morgan fingerprint density at radius 2 is 1.53 bits per heavy atom. The molecule has 238 valence electrons. The summed E-state index contributed by atoms with van der Waals surface area (Å²) in [5.41, 5.74) is -0.295. The molecule has 45 heavy (non-hydrogen) atoms. The second-order valence-electron chi connectivity index (χ2n) is 10.7. The number of nitrogens with zero attached hydrogens (tertiary/aromatic N) is 5. The standard InChI is InChI=1S/C27H21ClF6N6O4S/c28-16-7-18(29)22(19(30)8-16)37-45(43,44)17-6-14-3-5-40(23(14)20(9-17)39-4-1-2-21(39)41)25-35-10-15(11-36-25)24(42)38-12-26(31,32)27(33,34)13-38/h6-11,37H,1-5,12-13H2. The smallest absolute Gasteiger partial charge is 0.326 e. The minimum atomic E-state index is -4.59. The molecule has 0 unspecified atom stereocenters. The number of fused-ring (bicyclic) bond motifs is 1. The summed E-state index contributed by atoms with van der Waals surface area (Å²) in [6.07, 6.45) is 2.88. The highest BCUT2D eigenvalue weighted by Gasteiger charge is 2.64. The van der Waals surface area contributed by atoms with E-state index in [4.69, 9.17) is 11.6 Å². The average Bonchev–Trinajstić information content (AvgIpc) is 3.65. The van der Waals surface area contributed by atoms with Crippen molar-refractivity contribution in [3.05, 3.63) is 64.4 Å². The van der Waals surface area contributed by atoms with Crippen LogP contribution in [0, 0.1) is 11.6 Å². The number of rotatable bonds is 6. The van der Waals surface area contributed by atoms with E-state index in [0.717, 1.165) is 24.5 Å². The molecule has 0 aliphatic carbocycles. The molecule has 3 aromatic rings. The number of benzene rings is 2. The van der Waals surface area contributed by atoms with Crippen molar-refractivity contribution in [2.45, 2.75) is 36.0 Å². The first-order chi connectivity index (χ1) is 21.1. The maximum Gasteiger partial charge on any atom is 0.329 e. The van der Waals surface area contributed by atoms with Crippen LogP contribution in [0.2, 0.25) is 5.02 Å². The molecule has 1 N–H and O–H groups in total. The fourth-order valence-electron chi connectivity index (χ4n) is 5.46. The van der Waals surface area contributed by atoms with E-state index < -0.39 is 58.2 Å². The number of sulfonamides is 1. The number of alkyl halides is 4. The quantitative estimate of drug-likeness (QED) is 0.375. The Balaban J connectivity index is 1.34. The van der Waals surface area contributed by atoms with Gasteiger partial charge < -0.3 is 14.7 Å². The van der Waals surface area contributed by atoms with Gasteiger partial charge in [-0.25, -0.2) is 27.2 Å². The zero-order valence-corrected chi connectivity index (χ0v) is 24.4. The van der Waals surface area contributed by atoms with Crippen molar-refractivity contribution in [1.29, 1.82) is 0 Å². The summed E-state index contributed by atoms with van der Waals surface area (Å²) >= 11 is 5.64. The van der Waals surface area contributed by atoms with Gasteiger partial charge in [0.25, 0.3) is 15.9 Å². The Bertz CT molecular complexity index is 1810. The third-order valence-electron chi connectivity index (χ3n) is 7.66. The second-order valence-corrected chi connectivity index (χ2v) is 12.8. The molecule has 3 aliphatic heterocycles. The zero-order chi connectivity index (χ0) is 32.5. The van der Waals surface area contributed by atoms with Gasteiger partial charge in [-0.1, -0.05) is 11.6 Å². The molecule has 4 heterocycles. The molecule has 0 atom stereocenters. The topological polar surface area (TPSA) is 116 Å². The number of nitrogens with one attached hydrogen (secondary N) is 1. The van der Waals surface area contributed by atoms with Crippen molar-refractivity contribution in [3.63, 3.8) is 0 Å². The summed E-state index contributed by atoms with van der Waals surface area (Å²) in [5, 5.41) is -0.279. The van der Waals surface area contributed by atoms with Gasteiger partial charge in [0.1, 0.15) is 5.69 Å². The van der Waals surface area contributed by atoms with Crippen LogP contribution in [0.5, 0.6) is 0 Å². The Kier molecular flexibility index (Phi) is 7.38. The lowest BCUT2D eigenvalue weighted by molar-refractivity contribution is -0.172. The summed E-state index contributed by atoms with van der Waals surface area (Å²) in [4.78, 5) is 36.5. The molecule has 1 aromatic heterocycles. The molecule has 3 aliphatic rings. The molecule has 6 rings (SSSR count). The molecule has 10 nitrogen and oxygen atoms in total. The lowest BCUT2D eigenvalue weighted by Gasteiger charge is -2.26. The van der Waals surface area contributed by atoms with E-state index in [0.29, 0.717) is 22.6 Å². The number of halogens is 7. The molecule has 0 spiro atoms. The van der Waals surface area contributed by atoms with Crippen molar-refractivity contribution in [2.75, 3.05) is 40.7 Å². The van der Waals surface area contributed by atoms with Gasteiger partial charge in [0.05, 0.1) is 34.9 Å². The summed E-state index contributed by atoms with van der Waals surface area (Å²) in [5.74, 6) is -12.7. The monoisotopic (exact) mass is 674 g/mol. The first kappa shape index (κ1) is 30.9. The van der Waals surface area contributed by atoms with Gasteiger partial charge in [-0.3, -0.25) is 14.3 Å². The Hall–Kier alpha value is -4.12. The molecule has 2 fully saturated rings. The molecule has 0 saturated carbocycles. The zero-order valence-electron chi connectivity index (χ0n) is 22.8. The lowest BCUT2D eigenvalue weighted by atomic mass is 10.1. The van der Waals surface area contributed by atoms with Crippen molar-refractivity contribution >= 4 is 56.4 Å². The normalized spacial score (nSPS) is 18.9. The number of aromatic nitrogens is 2. The summed E-state index contributed by atoms with van der Waals surface area (Å²) in [6.45, 7) is -2.51. The number of carbonyl (C=O) groups is 2. The third kappa shape index (κ3) is 5.41. The number of likely N-dealkylation sites (tertiary alicyclic amines) is 1. The van der Waals surface area contributed by atoms with E-state index in [1.165, 1.54) is 17.0 Å². The van der Waals surface area contributed by atoms with Gasteiger partial charge >= 0.3 is 11.8 Å². The predicted molar refractivity (Wildman–Crippen MR) is 149 cm³/mol. The van der Waals surface area contributed by atoms with Gasteiger partial charge in [0, 0.05) is 36.9 Å². The van der Waals surface area contributed by atoms with Gasteiger partial charge in [-0.2, -0.15) is 17.6 Å². The van der Waals surface area contributed by atoms with Gasteiger partial charge in [0.15, 0.2) is 11.6 Å². The van der Waals surface area contributed by atoms with Crippen molar-refractivity contribution in [2.24, 2.45) is 0 Å².